The van der Waals surface area contributed by atoms with Crippen LogP contribution in [-0.2, 0) is 0 Å². The van der Waals surface area contributed by atoms with Crippen LogP contribution in [0.25, 0.3) is 0 Å². The maximum Gasteiger partial charge on any atom is 0.131 e. The van der Waals surface area contributed by atoms with E-state index in [4.69, 9.17) is 0 Å². The molecule has 0 aromatic heterocycles. The molecule has 3 nitrogen and oxygen atoms in total. The van der Waals surface area contributed by atoms with Crippen molar-refractivity contribution >= 4 is 5.71 Å². The van der Waals surface area contributed by atoms with Gasteiger partial charge in [-0.25, -0.2) is 0 Å². The van der Waals surface area contributed by atoms with E-state index < -0.39 is 11.2 Å². The van der Waals surface area contributed by atoms with Crippen LogP contribution in [0.4, 0.5) is 0 Å². The molecular formula is C13H22N2O. The molecule has 3 heteroatoms. The first kappa shape index (κ1) is 13.1. The van der Waals surface area contributed by atoms with Crippen LogP contribution in [0.15, 0.2) is 28.8 Å². The Kier molecular flexibility index (Phi) is 3.41. The molecule has 1 N–H and O–H groups in total. The van der Waals surface area contributed by atoms with Gasteiger partial charge < -0.3 is 5.21 Å². The van der Waals surface area contributed by atoms with Crippen LogP contribution in [0.1, 0.15) is 41.5 Å². The van der Waals surface area contributed by atoms with Crippen molar-refractivity contribution in [1.29, 1.82) is 0 Å². The lowest BCUT2D eigenvalue weighted by Gasteiger charge is -2.33. The molecule has 16 heavy (non-hydrogen) atoms. The number of allylic oxidation sites excluding steroid dienone is 3. The van der Waals surface area contributed by atoms with Crippen molar-refractivity contribution in [2.75, 3.05) is 0 Å². The molecule has 90 valence electrons. The van der Waals surface area contributed by atoms with Crippen LogP contribution >= 0.6 is 0 Å². The van der Waals surface area contributed by atoms with Crippen molar-refractivity contribution in [1.82, 2.24) is 5.06 Å². The summed E-state index contributed by atoms with van der Waals surface area (Å²) < 4.78 is 0. The van der Waals surface area contributed by atoms with Gasteiger partial charge in [-0.05, 0) is 47.1 Å². The Labute approximate surface area is 98.1 Å². The molecule has 0 saturated carbocycles. The number of aliphatic imine (C=N–C) groups is 1. The Morgan fingerprint density at radius 2 is 1.81 bits per heavy atom. The Morgan fingerprint density at radius 1 is 1.25 bits per heavy atom. The highest BCUT2D eigenvalue weighted by molar-refractivity contribution is 6.09. The quantitative estimate of drug-likeness (QED) is 0.728. The summed E-state index contributed by atoms with van der Waals surface area (Å²) in [4.78, 5) is 4.62. The molecule has 1 aliphatic rings. The molecule has 0 fully saturated rings. The molecular weight excluding hydrogens is 200 g/mol. The van der Waals surface area contributed by atoms with Gasteiger partial charge in [0.25, 0.3) is 0 Å². The Morgan fingerprint density at radius 3 is 2.12 bits per heavy atom. The van der Waals surface area contributed by atoms with Crippen LogP contribution < -0.4 is 0 Å². The summed E-state index contributed by atoms with van der Waals surface area (Å²) >= 11 is 0. The van der Waals surface area contributed by atoms with Gasteiger partial charge in [0.05, 0.1) is 11.3 Å². The summed E-state index contributed by atoms with van der Waals surface area (Å²) in [6.45, 7) is 11.7. The van der Waals surface area contributed by atoms with E-state index in [0.717, 1.165) is 11.3 Å². The molecule has 0 spiro atoms. The van der Waals surface area contributed by atoms with Gasteiger partial charge >= 0.3 is 0 Å². The lowest BCUT2D eigenvalue weighted by Crippen LogP contribution is -2.50. The molecule has 1 rings (SSSR count). The average molecular weight is 222 g/mol. The van der Waals surface area contributed by atoms with Gasteiger partial charge in [-0.2, -0.15) is 5.06 Å². The van der Waals surface area contributed by atoms with Crippen molar-refractivity contribution in [3.8, 4) is 0 Å². The summed E-state index contributed by atoms with van der Waals surface area (Å²) in [5, 5.41) is 11.5. The summed E-state index contributed by atoms with van der Waals surface area (Å²) in [6.07, 6.45) is 6.03. The van der Waals surface area contributed by atoms with Crippen molar-refractivity contribution in [3.63, 3.8) is 0 Å². The molecule has 1 aliphatic heterocycles. The van der Waals surface area contributed by atoms with Crippen molar-refractivity contribution < 1.29 is 5.21 Å². The van der Waals surface area contributed by atoms with E-state index in [1.54, 1.807) is 0 Å². The first-order chi connectivity index (χ1) is 7.27. The number of nitrogens with zero attached hydrogens (tertiary/aromatic N) is 2. The number of hydroxylamine groups is 2. The third-order valence-corrected chi connectivity index (χ3v) is 2.94. The first-order valence-electron chi connectivity index (χ1n) is 5.66. The normalized spacial score (nSPS) is 25.2. The predicted molar refractivity (Wildman–Crippen MR) is 67.8 cm³/mol. The average Bonchev–Trinajstić information content (AvgIpc) is 2.36. The van der Waals surface area contributed by atoms with Gasteiger partial charge in [-0.1, -0.05) is 18.2 Å². The molecule has 0 bridgehead atoms. The summed E-state index contributed by atoms with van der Waals surface area (Å²) in [5.74, 6) is 0. The monoisotopic (exact) mass is 222 g/mol. The van der Waals surface area contributed by atoms with Crippen LogP contribution in [0.3, 0.4) is 0 Å². The second-order valence-electron chi connectivity index (χ2n) is 5.07. The molecule has 0 amide bonds. The SMILES string of the molecule is C/C=C\C(=C/C)C1=NC(C)(C)N(O)C1(C)C. The van der Waals surface area contributed by atoms with Gasteiger partial charge in [0.15, 0.2) is 0 Å². The minimum absolute atomic E-state index is 0.454. The lowest BCUT2D eigenvalue weighted by molar-refractivity contribution is -0.188. The third-order valence-electron chi connectivity index (χ3n) is 2.94. The van der Waals surface area contributed by atoms with Crippen molar-refractivity contribution in [2.24, 2.45) is 4.99 Å². The van der Waals surface area contributed by atoms with Gasteiger partial charge in [-0.15, -0.1) is 0 Å². The van der Waals surface area contributed by atoms with Gasteiger partial charge in [-0.3, -0.25) is 4.99 Å². The fourth-order valence-corrected chi connectivity index (χ4v) is 2.15. The fourth-order valence-electron chi connectivity index (χ4n) is 2.15. The molecule has 0 unspecified atom stereocenters. The zero-order valence-corrected chi connectivity index (χ0v) is 11.1. The number of rotatable bonds is 2. The minimum atomic E-state index is -0.561. The van der Waals surface area contributed by atoms with Crippen LogP contribution in [0.2, 0.25) is 0 Å². The zero-order chi connectivity index (χ0) is 12.6. The van der Waals surface area contributed by atoms with E-state index in [1.165, 1.54) is 5.06 Å². The van der Waals surface area contributed by atoms with Crippen LogP contribution in [0.5, 0.6) is 0 Å². The summed E-state index contributed by atoms with van der Waals surface area (Å²) in [6, 6.07) is 0. The maximum absolute atomic E-state index is 10.1. The smallest absolute Gasteiger partial charge is 0.131 e. The molecule has 0 aliphatic carbocycles. The first-order valence-corrected chi connectivity index (χ1v) is 5.66. The second-order valence-corrected chi connectivity index (χ2v) is 5.07. The zero-order valence-electron chi connectivity index (χ0n) is 11.1. The highest BCUT2D eigenvalue weighted by Crippen LogP contribution is 2.35. The second kappa shape index (κ2) is 4.15. The van der Waals surface area contributed by atoms with Gasteiger partial charge in [0.2, 0.25) is 0 Å². The van der Waals surface area contributed by atoms with Crippen LogP contribution in [0, 0.1) is 0 Å². The molecule has 0 aromatic carbocycles. The van der Waals surface area contributed by atoms with E-state index in [9.17, 15) is 5.21 Å². The van der Waals surface area contributed by atoms with Crippen molar-refractivity contribution in [3.05, 3.63) is 23.8 Å². The van der Waals surface area contributed by atoms with Crippen molar-refractivity contribution in [2.45, 2.75) is 52.7 Å². The van der Waals surface area contributed by atoms with E-state index in [-0.39, 0.29) is 0 Å². The van der Waals surface area contributed by atoms with E-state index in [0.29, 0.717) is 0 Å². The number of hydrogen-bond acceptors (Lipinski definition) is 3. The standard InChI is InChI=1S/C13H22N2O/c1-7-9-10(8-2)11-12(3,4)15(16)13(5,6)14-11/h7-9,16H,1-6H3/b9-7-,10-8+. The number of hydrogen-bond donors (Lipinski definition) is 1. The Bertz CT molecular complexity index is 362. The topological polar surface area (TPSA) is 35.8 Å². The van der Waals surface area contributed by atoms with Gasteiger partial charge in [0.1, 0.15) is 5.66 Å². The largest absolute Gasteiger partial charge is 0.311 e. The van der Waals surface area contributed by atoms with E-state index in [1.807, 2.05) is 59.8 Å². The molecule has 0 atom stereocenters. The van der Waals surface area contributed by atoms with E-state index in [2.05, 4.69) is 4.99 Å². The lowest BCUT2D eigenvalue weighted by atomic mass is 9.92. The minimum Gasteiger partial charge on any atom is -0.311 e. The highest BCUT2D eigenvalue weighted by atomic mass is 16.5. The summed E-state index contributed by atoms with van der Waals surface area (Å²) in [5.41, 5.74) is 0.984. The van der Waals surface area contributed by atoms with Crippen LogP contribution in [-0.4, -0.2) is 27.2 Å². The third kappa shape index (κ3) is 1.97. The maximum atomic E-state index is 10.1. The Balaban J connectivity index is 3.24. The molecule has 0 radical (unpaired) electrons. The van der Waals surface area contributed by atoms with E-state index >= 15 is 0 Å². The Hall–Kier alpha value is -0.930. The summed E-state index contributed by atoms with van der Waals surface area (Å²) in [7, 11) is 0. The fraction of sp³-hybridized carbons (Fsp3) is 0.615. The predicted octanol–water partition coefficient (Wildman–Crippen LogP) is 3.17. The van der Waals surface area contributed by atoms with Gasteiger partial charge in [0, 0.05) is 0 Å². The molecule has 0 aromatic rings. The molecule has 0 saturated heterocycles. The highest BCUT2D eigenvalue weighted by Gasteiger charge is 2.47. The molecule has 1 heterocycles.